The van der Waals surface area contributed by atoms with Crippen LogP contribution in [0.5, 0.6) is 0 Å². The van der Waals surface area contributed by atoms with Crippen molar-refractivity contribution in [1.29, 1.82) is 0 Å². The molecule has 0 aliphatic heterocycles. The van der Waals surface area contributed by atoms with Crippen LogP contribution in [-0.4, -0.2) is 11.2 Å². The molecule has 16 heavy (non-hydrogen) atoms. The van der Waals surface area contributed by atoms with E-state index in [0.29, 0.717) is 11.8 Å². The summed E-state index contributed by atoms with van der Waals surface area (Å²) in [7, 11) is 0. The molecule has 1 heteroatoms. The lowest BCUT2D eigenvalue weighted by atomic mass is 9.71. The molecule has 2 aliphatic carbocycles. The number of aliphatic hydroxyl groups is 1. The van der Waals surface area contributed by atoms with Gasteiger partial charge in [0.05, 0.1) is 6.10 Å². The van der Waals surface area contributed by atoms with Crippen molar-refractivity contribution in [2.45, 2.75) is 71.3 Å². The van der Waals surface area contributed by atoms with E-state index < -0.39 is 0 Å². The van der Waals surface area contributed by atoms with E-state index >= 15 is 0 Å². The van der Waals surface area contributed by atoms with Crippen LogP contribution in [0.4, 0.5) is 0 Å². The molecule has 2 fully saturated rings. The molecular weight excluding hydrogens is 196 g/mol. The minimum atomic E-state index is 0.00509. The SMILES string of the molecule is CC1CCCC(C(O)C2CCCC(C)C2)C1. The Morgan fingerprint density at radius 3 is 1.62 bits per heavy atom. The van der Waals surface area contributed by atoms with E-state index in [0.717, 1.165) is 11.8 Å². The van der Waals surface area contributed by atoms with E-state index in [9.17, 15) is 5.11 Å². The predicted molar refractivity (Wildman–Crippen MR) is 68.3 cm³/mol. The van der Waals surface area contributed by atoms with E-state index in [-0.39, 0.29) is 6.10 Å². The van der Waals surface area contributed by atoms with Gasteiger partial charge in [-0.25, -0.2) is 0 Å². The van der Waals surface area contributed by atoms with Crippen LogP contribution in [-0.2, 0) is 0 Å². The molecule has 1 nitrogen and oxygen atoms in total. The van der Waals surface area contributed by atoms with Gasteiger partial charge in [0.2, 0.25) is 0 Å². The zero-order chi connectivity index (χ0) is 11.5. The Kier molecular flexibility index (Phi) is 4.29. The molecule has 94 valence electrons. The van der Waals surface area contributed by atoms with E-state index in [1.165, 1.54) is 51.4 Å². The summed E-state index contributed by atoms with van der Waals surface area (Å²) in [5.41, 5.74) is 0. The number of hydrogen-bond acceptors (Lipinski definition) is 1. The smallest absolute Gasteiger partial charge is 0.0596 e. The van der Waals surface area contributed by atoms with Crippen LogP contribution in [0, 0.1) is 23.7 Å². The van der Waals surface area contributed by atoms with Gasteiger partial charge in [-0.2, -0.15) is 0 Å². The summed E-state index contributed by atoms with van der Waals surface area (Å²) in [4.78, 5) is 0. The summed E-state index contributed by atoms with van der Waals surface area (Å²) in [5, 5.41) is 10.5. The normalized spacial score (nSPS) is 42.9. The largest absolute Gasteiger partial charge is 0.393 e. The topological polar surface area (TPSA) is 20.2 Å². The first-order chi connectivity index (χ1) is 7.66. The zero-order valence-corrected chi connectivity index (χ0v) is 11.0. The molecule has 0 aromatic heterocycles. The summed E-state index contributed by atoms with van der Waals surface area (Å²) in [6.07, 6.45) is 10.5. The first-order valence-electron chi connectivity index (χ1n) is 7.35. The van der Waals surface area contributed by atoms with Gasteiger partial charge in [0.1, 0.15) is 0 Å². The van der Waals surface area contributed by atoms with Gasteiger partial charge < -0.3 is 5.11 Å². The molecule has 0 heterocycles. The molecule has 0 aromatic rings. The van der Waals surface area contributed by atoms with Crippen LogP contribution in [0.15, 0.2) is 0 Å². The Morgan fingerprint density at radius 1 is 0.812 bits per heavy atom. The van der Waals surface area contributed by atoms with Gasteiger partial charge in [-0.05, 0) is 49.4 Å². The van der Waals surface area contributed by atoms with Crippen molar-refractivity contribution < 1.29 is 5.11 Å². The minimum Gasteiger partial charge on any atom is -0.393 e. The fourth-order valence-corrected chi connectivity index (χ4v) is 3.97. The highest BCUT2D eigenvalue weighted by Crippen LogP contribution is 2.38. The van der Waals surface area contributed by atoms with Gasteiger partial charge in [0.25, 0.3) is 0 Å². The van der Waals surface area contributed by atoms with Crippen LogP contribution < -0.4 is 0 Å². The third kappa shape index (κ3) is 3.00. The minimum absolute atomic E-state index is 0.00509. The van der Waals surface area contributed by atoms with Crippen LogP contribution in [0.3, 0.4) is 0 Å². The van der Waals surface area contributed by atoms with Crippen LogP contribution in [0.25, 0.3) is 0 Å². The fourth-order valence-electron chi connectivity index (χ4n) is 3.97. The van der Waals surface area contributed by atoms with Crippen molar-refractivity contribution in [3.63, 3.8) is 0 Å². The van der Waals surface area contributed by atoms with Gasteiger partial charge in [-0.1, -0.05) is 39.5 Å². The Labute approximate surface area is 101 Å². The van der Waals surface area contributed by atoms with E-state index in [1.54, 1.807) is 0 Å². The van der Waals surface area contributed by atoms with Crippen molar-refractivity contribution in [2.75, 3.05) is 0 Å². The van der Waals surface area contributed by atoms with E-state index in [1.807, 2.05) is 0 Å². The van der Waals surface area contributed by atoms with Crippen molar-refractivity contribution in [2.24, 2.45) is 23.7 Å². The second-order valence-electron chi connectivity index (χ2n) is 6.55. The van der Waals surface area contributed by atoms with Gasteiger partial charge >= 0.3 is 0 Å². The van der Waals surface area contributed by atoms with Crippen molar-refractivity contribution in [3.8, 4) is 0 Å². The second-order valence-corrected chi connectivity index (χ2v) is 6.55. The highest BCUT2D eigenvalue weighted by atomic mass is 16.3. The molecule has 2 rings (SSSR count). The lowest BCUT2D eigenvalue weighted by Gasteiger charge is -2.37. The number of aliphatic hydroxyl groups excluding tert-OH is 1. The average Bonchev–Trinajstić information content (AvgIpc) is 2.28. The molecular formula is C15H28O. The highest BCUT2D eigenvalue weighted by molar-refractivity contribution is 4.84. The monoisotopic (exact) mass is 224 g/mol. The van der Waals surface area contributed by atoms with Gasteiger partial charge in [-0.3, -0.25) is 0 Å². The van der Waals surface area contributed by atoms with Crippen molar-refractivity contribution in [1.82, 2.24) is 0 Å². The first-order valence-corrected chi connectivity index (χ1v) is 7.35. The van der Waals surface area contributed by atoms with Crippen LogP contribution >= 0.6 is 0 Å². The average molecular weight is 224 g/mol. The Hall–Kier alpha value is -0.0400. The molecule has 0 bridgehead atoms. The summed E-state index contributed by atoms with van der Waals surface area (Å²) in [6.45, 7) is 4.70. The lowest BCUT2D eigenvalue weighted by molar-refractivity contribution is 0.00315. The molecule has 2 saturated carbocycles. The molecule has 1 N–H and O–H groups in total. The Balaban J connectivity index is 1.87. The first kappa shape index (κ1) is 12.4. The maximum absolute atomic E-state index is 10.5. The highest BCUT2D eigenvalue weighted by Gasteiger charge is 2.32. The molecule has 0 saturated heterocycles. The third-order valence-electron chi connectivity index (χ3n) is 4.92. The molecule has 0 radical (unpaired) electrons. The Morgan fingerprint density at radius 2 is 1.25 bits per heavy atom. The van der Waals surface area contributed by atoms with Crippen LogP contribution in [0.2, 0.25) is 0 Å². The number of rotatable bonds is 2. The molecule has 4 unspecified atom stereocenters. The molecule has 0 spiro atoms. The fraction of sp³-hybridized carbons (Fsp3) is 1.00. The number of hydrogen-bond donors (Lipinski definition) is 1. The predicted octanol–water partition coefficient (Wildman–Crippen LogP) is 4.00. The van der Waals surface area contributed by atoms with Gasteiger partial charge in [0.15, 0.2) is 0 Å². The Bertz CT molecular complexity index is 191. The molecule has 4 atom stereocenters. The van der Waals surface area contributed by atoms with Gasteiger partial charge in [-0.15, -0.1) is 0 Å². The maximum Gasteiger partial charge on any atom is 0.0596 e. The van der Waals surface area contributed by atoms with Gasteiger partial charge in [0, 0.05) is 0 Å². The van der Waals surface area contributed by atoms with E-state index in [2.05, 4.69) is 13.8 Å². The summed E-state index contributed by atoms with van der Waals surface area (Å²) in [5.74, 6) is 2.90. The third-order valence-corrected chi connectivity index (χ3v) is 4.92. The van der Waals surface area contributed by atoms with Crippen molar-refractivity contribution in [3.05, 3.63) is 0 Å². The lowest BCUT2D eigenvalue weighted by Crippen LogP contribution is -2.34. The quantitative estimate of drug-likeness (QED) is 0.751. The molecule has 2 aliphatic rings. The second kappa shape index (κ2) is 5.53. The van der Waals surface area contributed by atoms with Crippen molar-refractivity contribution >= 4 is 0 Å². The molecule has 0 amide bonds. The summed E-state index contributed by atoms with van der Waals surface area (Å²) >= 11 is 0. The maximum atomic E-state index is 10.5. The zero-order valence-electron chi connectivity index (χ0n) is 11.0. The standard InChI is InChI=1S/C15H28O/c1-11-5-3-7-13(9-11)15(16)14-8-4-6-12(2)10-14/h11-16H,3-10H2,1-2H3. The summed E-state index contributed by atoms with van der Waals surface area (Å²) in [6, 6.07) is 0. The molecule has 0 aromatic carbocycles. The van der Waals surface area contributed by atoms with Crippen LogP contribution in [0.1, 0.15) is 65.2 Å². The van der Waals surface area contributed by atoms with E-state index in [4.69, 9.17) is 0 Å². The summed E-state index contributed by atoms with van der Waals surface area (Å²) < 4.78 is 0.